The lowest BCUT2D eigenvalue weighted by molar-refractivity contribution is 0.299. The molecule has 0 fully saturated rings. The van der Waals surface area contributed by atoms with Gasteiger partial charge in [0.25, 0.3) is 0 Å². The van der Waals surface area contributed by atoms with Gasteiger partial charge in [0, 0.05) is 38.9 Å². The number of unbranched alkanes of at least 4 members (excludes halogenated alkanes) is 10. The first-order valence-electron chi connectivity index (χ1n) is 9.98. The molecule has 1 N–H and O–H groups in total. The molecule has 0 rings (SSSR count). The third-order valence-corrected chi connectivity index (χ3v) is 7.85. The van der Waals surface area contributed by atoms with Crippen molar-refractivity contribution in [1.29, 1.82) is 0 Å². The van der Waals surface area contributed by atoms with Crippen molar-refractivity contribution in [3.63, 3.8) is 0 Å². The smallest absolute Gasteiger partial charge is 0.0693 e. The van der Waals surface area contributed by atoms with E-state index >= 15 is 0 Å². The van der Waals surface area contributed by atoms with Gasteiger partial charge < -0.3 is 5.11 Å². The van der Waals surface area contributed by atoms with E-state index in [2.05, 4.69) is 13.8 Å². The number of rotatable bonds is 18. The highest BCUT2D eigenvalue weighted by atomic mass is 32.2. The number of aliphatic hydroxyl groups excluding tert-OH is 1. The molecule has 0 unspecified atom stereocenters. The van der Waals surface area contributed by atoms with Crippen LogP contribution in [-0.4, -0.2) is 42.6 Å². The van der Waals surface area contributed by atoms with Gasteiger partial charge in [0.05, 0.1) is 11.9 Å². The second kappa shape index (κ2) is 18.1. The molecule has 0 aliphatic carbocycles. The lowest BCUT2D eigenvalue weighted by Gasteiger charge is -2.13. The minimum atomic E-state index is -1.04. The first-order chi connectivity index (χ1) is 11.7. The number of aliphatic hydroxyl groups is 1. The predicted octanol–water partition coefficient (Wildman–Crippen LogP) is 4.57. The molecule has 0 aliphatic rings. The molecule has 3 atom stereocenters. The Kier molecular flexibility index (Phi) is 18.3. The van der Waals surface area contributed by atoms with Gasteiger partial charge >= 0.3 is 0 Å². The van der Waals surface area contributed by atoms with Crippen molar-refractivity contribution in [2.45, 2.75) is 96.1 Å². The van der Waals surface area contributed by atoms with Crippen LogP contribution in [0.4, 0.5) is 0 Å². The topological polar surface area (TPSA) is 54.4 Å². The fourth-order valence-electron chi connectivity index (χ4n) is 2.74. The Morgan fingerprint density at radius 2 is 1.17 bits per heavy atom. The van der Waals surface area contributed by atoms with Crippen molar-refractivity contribution < 1.29 is 13.5 Å². The molecule has 0 saturated carbocycles. The van der Waals surface area contributed by atoms with Crippen LogP contribution in [0.25, 0.3) is 0 Å². The van der Waals surface area contributed by atoms with Crippen molar-refractivity contribution in [2.24, 2.45) is 0 Å². The summed E-state index contributed by atoms with van der Waals surface area (Å²) in [5.41, 5.74) is 0. The van der Waals surface area contributed by atoms with Crippen LogP contribution in [0.1, 0.15) is 90.9 Å². The fourth-order valence-corrected chi connectivity index (χ4v) is 6.00. The Morgan fingerprint density at radius 3 is 1.67 bits per heavy atom. The summed E-state index contributed by atoms with van der Waals surface area (Å²) in [6, 6.07) is 0. The Hall–Kier alpha value is 0.260. The van der Waals surface area contributed by atoms with Crippen molar-refractivity contribution in [2.75, 3.05) is 23.9 Å². The molecule has 0 radical (unpaired) electrons. The van der Waals surface area contributed by atoms with E-state index < -0.39 is 21.6 Å². The van der Waals surface area contributed by atoms with E-state index in [0.717, 1.165) is 25.7 Å². The summed E-state index contributed by atoms with van der Waals surface area (Å²) in [4.78, 5) is 0. The van der Waals surface area contributed by atoms with Crippen LogP contribution in [0.5, 0.6) is 0 Å². The SMILES string of the molecule is CCCCCCCC[S@](=O)C[C@H](CO)[S@@](=O)CCCCCCCC. The third-order valence-electron chi connectivity index (χ3n) is 4.37. The molecule has 146 valence electrons. The minimum Gasteiger partial charge on any atom is -0.395 e. The van der Waals surface area contributed by atoms with E-state index in [9.17, 15) is 13.5 Å². The Balaban J connectivity index is 3.77. The zero-order chi connectivity index (χ0) is 18.0. The molecule has 0 amide bonds. The zero-order valence-electron chi connectivity index (χ0n) is 16.0. The van der Waals surface area contributed by atoms with E-state index in [1.54, 1.807) is 0 Å². The Morgan fingerprint density at radius 1 is 0.708 bits per heavy atom. The van der Waals surface area contributed by atoms with Crippen LogP contribution in [0.3, 0.4) is 0 Å². The molecule has 24 heavy (non-hydrogen) atoms. The molecule has 3 nitrogen and oxygen atoms in total. The van der Waals surface area contributed by atoms with Gasteiger partial charge in [-0.15, -0.1) is 0 Å². The largest absolute Gasteiger partial charge is 0.395 e. The maximum atomic E-state index is 12.3. The average molecular weight is 381 g/mol. The quantitative estimate of drug-likeness (QED) is 0.354. The summed E-state index contributed by atoms with van der Waals surface area (Å²) in [6.07, 6.45) is 14.2. The average Bonchev–Trinajstić information content (AvgIpc) is 2.58. The van der Waals surface area contributed by atoms with Gasteiger partial charge in [0.15, 0.2) is 0 Å². The van der Waals surface area contributed by atoms with Gasteiger partial charge in [0.1, 0.15) is 0 Å². The van der Waals surface area contributed by atoms with Crippen LogP contribution in [-0.2, 0) is 21.6 Å². The standard InChI is InChI=1S/C19H40O3S2/c1-3-5-7-9-11-13-15-23(21)18-19(17-20)24(22)16-14-12-10-8-6-4-2/h19-20H,3-18H2,1-2H3/t19-,23-,24-/m0/s1. The molecule has 0 heterocycles. The molecule has 0 aromatic rings. The summed E-state index contributed by atoms with van der Waals surface area (Å²) in [5.74, 6) is 1.73. The normalized spacial score (nSPS) is 15.3. The first-order valence-corrected chi connectivity index (χ1v) is 12.9. The summed E-state index contributed by atoms with van der Waals surface area (Å²) < 4.78 is 24.4. The highest BCUT2D eigenvalue weighted by Crippen LogP contribution is 2.10. The Labute approximate surface area is 155 Å². The van der Waals surface area contributed by atoms with Crippen molar-refractivity contribution >= 4 is 21.6 Å². The van der Waals surface area contributed by atoms with E-state index in [0.29, 0.717) is 17.3 Å². The maximum Gasteiger partial charge on any atom is 0.0693 e. The van der Waals surface area contributed by atoms with Crippen molar-refractivity contribution in [1.82, 2.24) is 0 Å². The Bertz CT molecular complexity index is 322. The van der Waals surface area contributed by atoms with Crippen molar-refractivity contribution in [3.05, 3.63) is 0 Å². The highest BCUT2D eigenvalue weighted by Gasteiger charge is 2.18. The lowest BCUT2D eigenvalue weighted by Crippen LogP contribution is -2.29. The summed E-state index contributed by atoms with van der Waals surface area (Å²) in [6.45, 7) is 4.30. The predicted molar refractivity (Wildman–Crippen MR) is 109 cm³/mol. The third kappa shape index (κ3) is 14.6. The van der Waals surface area contributed by atoms with E-state index in [4.69, 9.17) is 0 Å². The van der Waals surface area contributed by atoms with Crippen LogP contribution < -0.4 is 0 Å². The molecule has 5 heteroatoms. The summed E-state index contributed by atoms with van der Waals surface area (Å²) >= 11 is 0. The second-order valence-electron chi connectivity index (χ2n) is 6.74. The molecule has 0 aliphatic heterocycles. The van der Waals surface area contributed by atoms with Crippen LogP contribution >= 0.6 is 0 Å². The molecular weight excluding hydrogens is 340 g/mol. The van der Waals surface area contributed by atoms with Crippen molar-refractivity contribution in [3.8, 4) is 0 Å². The van der Waals surface area contributed by atoms with Crippen LogP contribution in [0.15, 0.2) is 0 Å². The number of hydrogen-bond donors (Lipinski definition) is 1. The van der Waals surface area contributed by atoms with Gasteiger partial charge in [-0.1, -0.05) is 78.1 Å². The number of hydrogen-bond acceptors (Lipinski definition) is 3. The van der Waals surface area contributed by atoms with E-state index in [1.807, 2.05) is 0 Å². The monoisotopic (exact) mass is 380 g/mol. The molecule has 0 bridgehead atoms. The zero-order valence-corrected chi connectivity index (χ0v) is 17.6. The molecule has 0 aromatic carbocycles. The van der Waals surface area contributed by atoms with Gasteiger partial charge in [-0.25, -0.2) is 0 Å². The summed E-state index contributed by atoms with van der Waals surface area (Å²) in [7, 11) is -1.98. The van der Waals surface area contributed by atoms with Gasteiger partial charge in [-0.2, -0.15) is 0 Å². The second-order valence-corrected chi connectivity index (χ2v) is 10.2. The lowest BCUT2D eigenvalue weighted by atomic mass is 10.1. The highest BCUT2D eigenvalue weighted by molar-refractivity contribution is 7.89. The van der Waals surface area contributed by atoms with E-state index in [1.165, 1.54) is 51.4 Å². The minimum absolute atomic E-state index is 0.106. The fraction of sp³-hybridized carbons (Fsp3) is 1.00. The molecule has 0 spiro atoms. The summed E-state index contributed by atoms with van der Waals surface area (Å²) in [5, 5.41) is 9.16. The van der Waals surface area contributed by atoms with Crippen LogP contribution in [0, 0.1) is 0 Å². The first kappa shape index (κ1) is 24.3. The molecule has 0 aromatic heterocycles. The van der Waals surface area contributed by atoms with Gasteiger partial charge in [-0.3, -0.25) is 8.42 Å². The van der Waals surface area contributed by atoms with Crippen LogP contribution in [0.2, 0.25) is 0 Å². The molecule has 0 saturated heterocycles. The maximum absolute atomic E-state index is 12.3. The molecular formula is C19H40O3S2. The van der Waals surface area contributed by atoms with Gasteiger partial charge in [-0.05, 0) is 12.8 Å². The van der Waals surface area contributed by atoms with Gasteiger partial charge in [0.2, 0.25) is 0 Å². The van der Waals surface area contributed by atoms with E-state index in [-0.39, 0.29) is 11.9 Å².